The van der Waals surface area contributed by atoms with Crippen molar-refractivity contribution < 1.29 is 4.74 Å². The first-order valence-electron chi connectivity index (χ1n) is 6.97. The van der Waals surface area contributed by atoms with Crippen molar-refractivity contribution in [3.63, 3.8) is 0 Å². The van der Waals surface area contributed by atoms with Crippen LogP contribution in [0.5, 0.6) is 0 Å². The highest BCUT2D eigenvalue weighted by molar-refractivity contribution is 9.10. The largest absolute Gasteiger partial charge is 0.496 e. The van der Waals surface area contributed by atoms with Gasteiger partial charge >= 0.3 is 0 Å². The van der Waals surface area contributed by atoms with E-state index in [-0.39, 0.29) is 6.04 Å². The van der Waals surface area contributed by atoms with Crippen molar-refractivity contribution in [1.29, 1.82) is 0 Å². The first kappa shape index (κ1) is 13.7. The average Bonchev–Trinajstić information content (AvgIpc) is 2.49. The van der Waals surface area contributed by atoms with Gasteiger partial charge in [-0.1, -0.05) is 34.1 Å². The van der Waals surface area contributed by atoms with Gasteiger partial charge in [0.15, 0.2) is 0 Å². The van der Waals surface area contributed by atoms with E-state index in [4.69, 9.17) is 4.74 Å². The molecule has 0 fully saturated rings. The maximum atomic E-state index is 5.81. The molecule has 3 heteroatoms. The zero-order chi connectivity index (χ0) is 13.9. The molecule has 1 aliphatic heterocycles. The van der Waals surface area contributed by atoms with Crippen LogP contribution in [0.25, 0.3) is 10.8 Å². The summed E-state index contributed by atoms with van der Waals surface area (Å²) in [5, 5.41) is 5.86. The maximum absolute atomic E-state index is 5.81. The number of benzene rings is 2. The molecule has 0 saturated carbocycles. The lowest BCUT2D eigenvalue weighted by molar-refractivity contribution is 0.169. The van der Waals surface area contributed by atoms with Gasteiger partial charge in [0, 0.05) is 4.47 Å². The molecule has 0 amide bonds. The zero-order valence-electron chi connectivity index (χ0n) is 11.5. The summed E-state index contributed by atoms with van der Waals surface area (Å²) in [7, 11) is 1.98. The van der Waals surface area contributed by atoms with E-state index in [1.165, 1.54) is 16.3 Å². The van der Waals surface area contributed by atoms with Crippen LogP contribution in [0.4, 0.5) is 0 Å². The smallest absolute Gasteiger partial charge is 0.113 e. The van der Waals surface area contributed by atoms with Crippen molar-refractivity contribution in [2.45, 2.75) is 18.9 Å². The number of rotatable bonds is 3. The van der Waals surface area contributed by atoms with Crippen LogP contribution in [0, 0.1) is 0 Å². The van der Waals surface area contributed by atoms with Gasteiger partial charge in [-0.3, -0.25) is 0 Å². The molecule has 2 aromatic carbocycles. The second kappa shape index (κ2) is 5.98. The predicted molar refractivity (Wildman–Crippen MR) is 86.7 cm³/mol. The van der Waals surface area contributed by atoms with Crippen molar-refractivity contribution in [2.24, 2.45) is 0 Å². The van der Waals surface area contributed by atoms with Gasteiger partial charge in [0.05, 0.1) is 12.6 Å². The number of nitrogens with one attached hydrogen (secondary N) is 1. The van der Waals surface area contributed by atoms with Gasteiger partial charge in [-0.2, -0.15) is 0 Å². The Morgan fingerprint density at radius 2 is 1.95 bits per heavy atom. The van der Waals surface area contributed by atoms with Gasteiger partial charge in [0.25, 0.3) is 0 Å². The average molecular weight is 332 g/mol. The van der Waals surface area contributed by atoms with E-state index < -0.39 is 0 Å². The monoisotopic (exact) mass is 331 g/mol. The minimum atomic E-state index is 0.142. The molecule has 20 heavy (non-hydrogen) atoms. The Morgan fingerprint density at radius 3 is 2.70 bits per heavy atom. The molecule has 1 aliphatic rings. The third-order valence-electron chi connectivity index (χ3n) is 3.70. The molecule has 0 saturated heterocycles. The summed E-state index contributed by atoms with van der Waals surface area (Å²) in [6.07, 6.45) is 4.43. The lowest BCUT2D eigenvalue weighted by Gasteiger charge is -2.24. The van der Waals surface area contributed by atoms with Crippen LogP contribution in [0.15, 0.2) is 52.7 Å². The van der Waals surface area contributed by atoms with E-state index in [2.05, 4.69) is 63.7 Å². The number of hydrogen-bond acceptors (Lipinski definition) is 2. The standard InChI is InChI=1S/C17H18BrNO/c1-19-17(16-4-2-3-9-20-16)14-6-5-13-11-15(18)8-7-12(13)10-14/h4-8,10-11,17,19H,2-3,9H2,1H3. The number of fused-ring (bicyclic) bond motifs is 1. The summed E-state index contributed by atoms with van der Waals surface area (Å²) >= 11 is 3.51. The Kier molecular flexibility index (Phi) is 4.08. The predicted octanol–water partition coefficient (Wildman–Crippen LogP) is 4.56. The fraction of sp³-hybridized carbons (Fsp3) is 0.294. The van der Waals surface area contributed by atoms with Gasteiger partial charge in [0.1, 0.15) is 5.76 Å². The van der Waals surface area contributed by atoms with E-state index in [0.717, 1.165) is 29.7 Å². The van der Waals surface area contributed by atoms with E-state index in [9.17, 15) is 0 Å². The summed E-state index contributed by atoms with van der Waals surface area (Å²) in [4.78, 5) is 0. The molecule has 0 radical (unpaired) electrons. The number of halogens is 1. The minimum absolute atomic E-state index is 0.142. The molecule has 0 spiro atoms. The fourth-order valence-corrected chi connectivity index (χ4v) is 3.04. The lowest BCUT2D eigenvalue weighted by Crippen LogP contribution is -2.22. The normalized spacial score (nSPS) is 16.6. The van der Waals surface area contributed by atoms with Crippen LogP contribution >= 0.6 is 15.9 Å². The minimum Gasteiger partial charge on any atom is -0.496 e. The van der Waals surface area contributed by atoms with Crippen LogP contribution < -0.4 is 5.32 Å². The molecule has 2 nitrogen and oxygen atoms in total. The third kappa shape index (κ3) is 2.74. The van der Waals surface area contributed by atoms with Gasteiger partial charge in [-0.15, -0.1) is 0 Å². The second-order valence-corrected chi connectivity index (χ2v) is 5.99. The first-order chi connectivity index (χ1) is 9.78. The van der Waals surface area contributed by atoms with Crippen LogP contribution in [0.3, 0.4) is 0 Å². The highest BCUT2D eigenvalue weighted by Gasteiger charge is 2.18. The molecule has 1 N–H and O–H groups in total. The van der Waals surface area contributed by atoms with Crippen molar-refractivity contribution >= 4 is 26.7 Å². The lowest BCUT2D eigenvalue weighted by atomic mass is 9.99. The fourth-order valence-electron chi connectivity index (χ4n) is 2.67. The van der Waals surface area contributed by atoms with E-state index in [0.29, 0.717) is 0 Å². The number of allylic oxidation sites excluding steroid dienone is 1. The first-order valence-corrected chi connectivity index (χ1v) is 7.76. The topological polar surface area (TPSA) is 21.3 Å². The quantitative estimate of drug-likeness (QED) is 0.890. The van der Waals surface area contributed by atoms with Crippen LogP contribution in [-0.4, -0.2) is 13.7 Å². The Morgan fingerprint density at radius 1 is 1.15 bits per heavy atom. The van der Waals surface area contributed by atoms with Gasteiger partial charge in [-0.05, 0) is 60.5 Å². The third-order valence-corrected chi connectivity index (χ3v) is 4.19. The van der Waals surface area contributed by atoms with E-state index in [1.807, 2.05) is 7.05 Å². The van der Waals surface area contributed by atoms with Crippen molar-refractivity contribution in [1.82, 2.24) is 5.32 Å². The zero-order valence-corrected chi connectivity index (χ0v) is 13.1. The van der Waals surface area contributed by atoms with Gasteiger partial charge < -0.3 is 10.1 Å². The summed E-state index contributed by atoms with van der Waals surface area (Å²) < 4.78 is 6.92. The Labute approximate surface area is 128 Å². The Hall–Kier alpha value is -1.32. The molecule has 1 atom stereocenters. The summed E-state index contributed by atoms with van der Waals surface area (Å²) in [6, 6.07) is 13.1. The van der Waals surface area contributed by atoms with E-state index in [1.54, 1.807) is 0 Å². The molecule has 3 rings (SSSR count). The van der Waals surface area contributed by atoms with Crippen molar-refractivity contribution in [3.05, 3.63) is 58.3 Å². The van der Waals surface area contributed by atoms with Crippen molar-refractivity contribution in [2.75, 3.05) is 13.7 Å². The van der Waals surface area contributed by atoms with Gasteiger partial charge in [-0.25, -0.2) is 0 Å². The van der Waals surface area contributed by atoms with Crippen LogP contribution in [0.2, 0.25) is 0 Å². The SMILES string of the molecule is CNC(C1=CCCCO1)c1ccc2cc(Br)ccc2c1. The molecule has 0 aliphatic carbocycles. The Bertz CT molecular complexity index is 650. The second-order valence-electron chi connectivity index (χ2n) is 5.07. The molecule has 1 unspecified atom stereocenters. The molecule has 0 bridgehead atoms. The number of hydrogen-bond donors (Lipinski definition) is 1. The molecule has 1 heterocycles. The highest BCUT2D eigenvalue weighted by Crippen LogP contribution is 2.29. The van der Waals surface area contributed by atoms with Crippen LogP contribution in [-0.2, 0) is 4.74 Å². The summed E-state index contributed by atoms with van der Waals surface area (Å²) in [5.41, 5.74) is 1.25. The van der Waals surface area contributed by atoms with Gasteiger partial charge in [0.2, 0.25) is 0 Å². The van der Waals surface area contributed by atoms with E-state index >= 15 is 0 Å². The van der Waals surface area contributed by atoms with Crippen LogP contribution in [0.1, 0.15) is 24.4 Å². The summed E-state index contributed by atoms with van der Waals surface area (Å²) in [6.45, 7) is 0.824. The Balaban J connectivity index is 1.99. The molecule has 2 aromatic rings. The molecule has 104 valence electrons. The molecular weight excluding hydrogens is 314 g/mol. The molecule has 0 aromatic heterocycles. The summed E-state index contributed by atoms with van der Waals surface area (Å²) in [5.74, 6) is 1.05. The number of ether oxygens (including phenoxy) is 1. The highest BCUT2D eigenvalue weighted by atomic mass is 79.9. The number of likely N-dealkylation sites (N-methyl/N-ethyl adjacent to an activating group) is 1. The van der Waals surface area contributed by atoms with Crippen molar-refractivity contribution in [3.8, 4) is 0 Å². The molecular formula is C17H18BrNO. The maximum Gasteiger partial charge on any atom is 0.113 e.